The minimum atomic E-state index is -2.91. The zero-order chi connectivity index (χ0) is 10.8. The number of amides is 1. The second-order valence-electron chi connectivity index (χ2n) is 3.17. The van der Waals surface area contributed by atoms with Crippen LogP contribution in [0.4, 0.5) is 8.78 Å². The van der Waals surface area contributed by atoms with Crippen LogP contribution in [0.1, 0.15) is 19.3 Å². The molecule has 1 unspecified atom stereocenters. The van der Waals surface area contributed by atoms with E-state index in [1.54, 1.807) is 0 Å². The normalized spacial score (nSPS) is 24.4. The van der Waals surface area contributed by atoms with Crippen molar-refractivity contribution in [3.8, 4) is 0 Å². The molecular weight excluding hydrogens is 196 g/mol. The monoisotopic (exact) mass is 207 g/mol. The lowest BCUT2D eigenvalue weighted by Gasteiger charge is -2.19. The molecule has 0 aromatic heterocycles. The van der Waals surface area contributed by atoms with Crippen molar-refractivity contribution in [2.45, 2.75) is 31.2 Å². The Morgan fingerprint density at radius 3 is 2.57 bits per heavy atom. The summed E-state index contributed by atoms with van der Waals surface area (Å²) in [5.41, 5.74) is 0. The summed E-state index contributed by atoms with van der Waals surface area (Å²) < 4.78 is 30.0. The van der Waals surface area contributed by atoms with Gasteiger partial charge in [-0.15, -0.1) is 0 Å². The van der Waals surface area contributed by atoms with E-state index in [-0.39, 0.29) is 12.8 Å². The van der Waals surface area contributed by atoms with Crippen LogP contribution in [0, 0.1) is 0 Å². The molecule has 6 heteroatoms. The maximum atomic E-state index is 13.0. The fourth-order valence-corrected chi connectivity index (χ4v) is 1.41. The number of carbonyl (C=O) groups excluding carboxylic acids is 2. The molecule has 1 saturated carbocycles. The van der Waals surface area contributed by atoms with E-state index in [0.717, 1.165) is 7.11 Å². The maximum absolute atomic E-state index is 13.0. The number of hydrogen-bond donors (Lipinski definition) is 1. The highest BCUT2D eigenvalue weighted by Gasteiger charge is 2.45. The summed E-state index contributed by atoms with van der Waals surface area (Å²) in [6.07, 6.45) is 0.286. The third-order valence-corrected chi connectivity index (χ3v) is 2.19. The lowest BCUT2D eigenvalue weighted by Crippen LogP contribution is -2.46. The fourth-order valence-electron chi connectivity index (χ4n) is 1.41. The highest BCUT2D eigenvalue weighted by molar-refractivity contribution is 6.32. The van der Waals surface area contributed by atoms with Gasteiger partial charge in [-0.3, -0.25) is 4.79 Å². The van der Waals surface area contributed by atoms with Crippen LogP contribution in [-0.2, 0) is 14.3 Å². The smallest absolute Gasteiger partial charge is 0.396 e. The van der Waals surface area contributed by atoms with Crippen LogP contribution in [0.3, 0.4) is 0 Å². The minimum Gasteiger partial charge on any atom is -0.462 e. The first-order valence-electron chi connectivity index (χ1n) is 4.24. The highest BCUT2D eigenvalue weighted by atomic mass is 19.3. The van der Waals surface area contributed by atoms with Crippen LogP contribution in [0.25, 0.3) is 0 Å². The Hall–Kier alpha value is -1.20. The van der Waals surface area contributed by atoms with Gasteiger partial charge < -0.3 is 10.1 Å². The zero-order valence-electron chi connectivity index (χ0n) is 7.68. The van der Waals surface area contributed by atoms with Gasteiger partial charge in [-0.05, 0) is 12.8 Å². The Labute approximate surface area is 79.6 Å². The van der Waals surface area contributed by atoms with Crippen LogP contribution in [0.2, 0.25) is 0 Å². The molecule has 0 heterocycles. The van der Waals surface area contributed by atoms with E-state index < -0.39 is 23.8 Å². The minimum absolute atomic E-state index is 0.190. The van der Waals surface area contributed by atoms with E-state index >= 15 is 0 Å². The Balaban J connectivity index is 2.52. The summed E-state index contributed by atoms with van der Waals surface area (Å²) in [7, 11) is 1.02. The molecule has 0 saturated heterocycles. The first kappa shape index (κ1) is 10.9. The molecule has 0 bridgehead atoms. The standard InChI is InChI=1S/C8H11F2NO3/c1-14-7(13)6(12)11-5-3-2-4-8(5,9)10/h5H,2-4H2,1H3,(H,11,12). The molecule has 1 atom stereocenters. The first-order valence-corrected chi connectivity index (χ1v) is 4.24. The third kappa shape index (κ3) is 2.18. The SMILES string of the molecule is COC(=O)C(=O)NC1CCCC1(F)F. The van der Waals surface area contributed by atoms with Crippen molar-refractivity contribution in [3.05, 3.63) is 0 Å². The van der Waals surface area contributed by atoms with Crippen LogP contribution in [0.15, 0.2) is 0 Å². The average molecular weight is 207 g/mol. The summed E-state index contributed by atoms with van der Waals surface area (Å²) in [4.78, 5) is 21.5. The Morgan fingerprint density at radius 2 is 2.14 bits per heavy atom. The molecular formula is C8H11F2NO3. The summed E-state index contributed by atoms with van der Waals surface area (Å²) >= 11 is 0. The second-order valence-corrected chi connectivity index (χ2v) is 3.17. The number of hydrogen-bond acceptors (Lipinski definition) is 3. The molecule has 0 aromatic rings. The van der Waals surface area contributed by atoms with Crippen molar-refractivity contribution >= 4 is 11.9 Å². The number of esters is 1. The van der Waals surface area contributed by atoms with Gasteiger partial charge >= 0.3 is 11.9 Å². The number of ether oxygens (including phenoxy) is 1. The Morgan fingerprint density at radius 1 is 1.50 bits per heavy atom. The molecule has 4 nitrogen and oxygen atoms in total. The van der Waals surface area contributed by atoms with Crippen LogP contribution >= 0.6 is 0 Å². The number of rotatable bonds is 1. The number of halogens is 2. The molecule has 0 aromatic carbocycles. The largest absolute Gasteiger partial charge is 0.462 e. The predicted molar refractivity (Wildman–Crippen MR) is 42.7 cm³/mol. The van der Waals surface area contributed by atoms with E-state index in [2.05, 4.69) is 4.74 Å². The molecule has 0 aliphatic heterocycles. The van der Waals surface area contributed by atoms with E-state index in [4.69, 9.17) is 0 Å². The molecule has 80 valence electrons. The van der Waals surface area contributed by atoms with Gasteiger partial charge in [-0.2, -0.15) is 0 Å². The Bertz CT molecular complexity index is 255. The topological polar surface area (TPSA) is 55.4 Å². The lowest BCUT2D eigenvalue weighted by atomic mass is 10.2. The molecule has 1 rings (SSSR count). The lowest BCUT2D eigenvalue weighted by molar-refractivity contribution is -0.154. The molecule has 14 heavy (non-hydrogen) atoms. The van der Waals surface area contributed by atoms with Gasteiger partial charge in [0.05, 0.1) is 13.2 Å². The second kappa shape index (κ2) is 3.89. The average Bonchev–Trinajstić information content (AvgIpc) is 2.44. The third-order valence-electron chi connectivity index (χ3n) is 2.19. The van der Waals surface area contributed by atoms with Crippen LogP contribution in [-0.4, -0.2) is 31.0 Å². The Kier molecular flexibility index (Phi) is 3.03. The first-order chi connectivity index (χ1) is 6.47. The molecule has 0 spiro atoms. The van der Waals surface area contributed by atoms with E-state index in [0.29, 0.717) is 6.42 Å². The van der Waals surface area contributed by atoms with Crippen molar-refractivity contribution in [1.82, 2.24) is 5.32 Å². The number of nitrogens with one attached hydrogen (secondary N) is 1. The van der Waals surface area contributed by atoms with Gasteiger partial charge in [-0.25, -0.2) is 13.6 Å². The van der Waals surface area contributed by atoms with E-state index in [1.165, 1.54) is 0 Å². The van der Waals surface area contributed by atoms with Crippen molar-refractivity contribution in [1.29, 1.82) is 0 Å². The summed E-state index contributed by atoms with van der Waals surface area (Å²) in [6.45, 7) is 0. The van der Waals surface area contributed by atoms with Gasteiger partial charge in [0.15, 0.2) is 0 Å². The molecule has 0 radical (unpaired) electrons. The summed E-state index contributed by atoms with van der Waals surface area (Å²) in [5.74, 6) is -5.17. The predicted octanol–water partition coefficient (Wildman–Crippen LogP) is 0.463. The summed E-state index contributed by atoms with van der Waals surface area (Å²) in [6, 6.07) is -1.24. The maximum Gasteiger partial charge on any atom is 0.396 e. The van der Waals surface area contributed by atoms with Gasteiger partial charge in [-0.1, -0.05) is 0 Å². The zero-order valence-corrected chi connectivity index (χ0v) is 7.68. The number of methoxy groups -OCH3 is 1. The van der Waals surface area contributed by atoms with Gasteiger partial charge in [0.2, 0.25) is 0 Å². The number of carbonyl (C=O) groups is 2. The van der Waals surface area contributed by atoms with Gasteiger partial charge in [0.1, 0.15) is 0 Å². The van der Waals surface area contributed by atoms with Crippen molar-refractivity contribution in [3.63, 3.8) is 0 Å². The molecule has 1 amide bonds. The molecule has 1 N–H and O–H groups in total. The molecule has 1 aliphatic rings. The fraction of sp³-hybridized carbons (Fsp3) is 0.750. The van der Waals surface area contributed by atoms with E-state index in [1.807, 2.05) is 5.32 Å². The molecule has 1 aliphatic carbocycles. The van der Waals surface area contributed by atoms with Crippen LogP contribution in [0.5, 0.6) is 0 Å². The van der Waals surface area contributed by atoms with Crippen LogP contribution < -0.4 is 5.32 Å². The van der Waals surface area contributed by atoms with Crippen molar-refractivity contribution in [2.75, 3.05) is 7.11 Å². The highest BCUT2D eigenvalue weighted by Crippen LogP contribution is 2.34. The molecule has 1 fully saturated rings. The quantitative estimate of drug-likeness (QED) is 0.502. The van der Waals surface area contributed by atoms with E-state index in [9.17, 15) is 18.4 Å². The number of alkyl halides is 2. The summed E-state index contributed by atoms with van der Waals surface area (Å²) in [5, 5.41) is 1.96. The van der Waals surface area contributed by atoms with Gasteiger partial charge in [0, 0.05) is 6.42 Å². The van der Waals surface area contributed by atoms with Crippen molar-refractivity contribution in [2.24, 2.45) is 0 Å². The van der Waals surface area contributed by atoms with Crippen molar-refractivity contribution < 1.29 is 23.1 Å². The van der Waals surface area contributed by atoms with Gasteiger partial charge in [0.25, 0.3) is 5.92 Å².